The molecule has 0 saturated heterocycles. The van der Waals surface area contributed by atoms with Gasteiger partial charge in [0.2, 0.25) is 11.0 Å². The van der Waals surface area contributed by atoms with Gasteiger partial charge in [-0.2, -0.15) is 0 Å². The zero-order valence-corrected chi connectivity index (χ0v) is 17.1. The van der Waals surface area contributed by atoms with Gasteiger partial charge < -0.3 is 14.8 Å². The Kier molecular flexibility index (Phi) is 4.97. The summed E-state index contributed by atoms with van der Waals surface area (Å²) >= 11 is 2.82. The lowest BCUT2D eigenvalue weighted by Crippen LogP contribution is -2.15. The molecule has 4 rings (SSSR count). The molecule has 4 aromatic rings. The van der Waals surface area contributed by atoms with Crippen LogP contribution in [0.2, 0.25) is 0 Å². The third-order valence-corrected chi connectivity index (χ3v) is 5.72. The summed E-state index contributed by atoms with van der Waals surface area (Å²) in [5.74, 6) is 1.28. The minimum absolute atomic E-state index is 0.148. The Labute approximate surface area is 168 Å². The molecule has 3 aromatic heterocycles. The average molecular weight is 416 g/mol. The maximum Gasteiger partial charge on any atom is 0.232 e. The van der Waals surface area contributed by atoms with Crippen molar-refractivity contribution in [2.75, 3.05) is 19.5 Å². The molecule has 10 heteroatoms. The number of amides is 1. The summed E-state index contributed by atoms with van der Waals surface area (Å²) in [6.45, 7) is 1.84. The first kappa shape index (κ1) is 18.4. The van der Waals surface area contributed by atoms with Crippen LogP contribution in [0.3, 0.4) is 0 Å². The van der Waals surface area contributed by atoms with Gasteiger partial charge in [0.25, 0.3) is 0 Å². The van der Waals surface area contributed by atoms with E-state index in [9.17, 15) is 4.79 Å². The Morgan fingerprint density at radius 2 is 2.11 bits per heavy atom. The molecule has 0 aliphatic rings. The van der Waals surface area contributed by atoms with E-state index >= 15 is 0 Å². The van der Waals surface area contributed by atoms with Gasteiger partial charge in [0.1, 0.15) is 16.5 Å². The van der Waals surface area contributed by atoms with Crippen LogP contribution in [-0.4, -0.2) is 39.7 Å². The highest BCUT2D eigenvalue weighted by Gasteiger charge is 2.16. The molecule has 1 N–H and O–H groups in total. The largest absolute Gasteiger partial charge is 0.497 e. The fourth-order valence-electron chi connectivity index (χ4n) is 2.78. The number of ether oxygens (including phenoxy) is 2. The summed E-state index contributed by atoms with van der Waals surface area (Å²) in [7, 11) is 3.24. The van der Waals surface area contributed by atoms with E-state index in [1.165, 1.54) is 22.7 Å². The lowest BCUT2D eigenvalue weighted by Gasteiger charge is -2.08. The van der Waals surface area contributed by atoms with Crippen molar-refractivity contribution in [1.29, 1.82) is 0 Å². The molecular weight excluding hydrogens is 398 g/mol. The first-order valence-electron chi connectivity index (χ1n) is 8.35. The molecule has 1 aromatic carbocycles. The van der Waals surface area contributed by atoms with E-state index in [1.54, 1.807) is 14.2 Å². The second-order valence-corrected chi connectivity index (χ2v) is 7.94. The van der Waals surface area contributed by atoms with Crippen LogP contribution in [-0.2, 0) is 11.2 Å². The third-order valence-electron chi connectivity index (χ3n) is 4.08. The fraction of sp³-hybridized carbons (Fsp3) is 0.222. The van der Waals surface area contributed by atoms with E-state index < -0.39 is 0 Å². The van der Waals surface area contributed by atoms with Gasteiger partial charge in [0.15, 0.2) is 4.96 Å². The van der Waals surface area contributed by atoms with Gasteiger partial charge in [-0.1, -0.05) is 11.3 Å². The molecule has 0 spiro atoms. The quantitative estimate of drug-likeness (QED) is 0.519. The number of thiazole rings is 1. The smallest absolute Gasteiger partial charge is 0.232 e. The van der Waals surface area contributed by atoms with Gasteiger partial charge >= 0.3 is 0 Å². The molecule has 0 aliphatic heterocycles. The lowest BCUT2D eigenvalue weighted by atomic mass is 10.1. The number of benzene rings is 1. The maximum atomic E-state index is 12.4. The highest BCUT2D eigenvalue weighted by Crippen LogP contribution is 2.34. The topological polar surface area (TPSA) is 90.6 Å². The van der Waals surface area contributed by atoms with Gasteiger partial charge in [-0.05, 0) is 25.1 Å². The van der Waals surface area contributed by atoms with Crippen LogP contribution in [0.4, 0.5) is 5.13 Å². The number of aromatic nitrogens is 4. The molecule has 1 amide bonds. The number of rotatable bonds is 6. The van der Waals surface area contributed by atoms with Crippen LogP contribution < -0.4 is 14.8 Å². The number of imidazole rings is 1. The average Bonchev–Trinajstić information content (AvgIpc) is 3.38. The Bertz CT molecular complexity index is 1150. The van der Waals surface area contributed by atoms with Gasteiger partial charge in [-0.25, -0.2) is 4.98 Å². The normalized spacial score (nSPS) is 11.0. The molecule has 0 saturated carbocycles. The molecule has 0 bridgehead atoms. The van der Waals surface area contributed by atoms with E-state index in [2.05, 4.69) is 20.5 Å². The summed E-state index contributed by atoms with van der Waals surface area (Å²) in [5, 5.41) is 13.8. The summed E-state index contributed by atoms with van der Waals surface area (Å²) in [5.41, 5.74) is 2.43. The molecule has 144 valence electrons. The number of nitrogens with zero attached hydrogens (tertiary/aromatic N) is 4. The predicted octanol–water partition coefficient (Wildman–Crippen LogP) is 3.42. The van der Waals surface area contributed by atoms with E-state index in [1.807, 2.05) is 41.1 Å². The molecule has 3 heterocycles. The molecular formula is C18H17N5O3S2. The van der Waals surface area contributed by atoms with Crippen molar-refractivity contribution in [1.82, 2.24) is 19.6 Å². The molecule has 8 nitrogen and oxygen atoms in total. The number of anilines is 1. The predicted molar refractivity (Wildman–Crippen MR) is 109 cm³/mol. The van der Waals surface area contributed by atoms with Crippen molar-refractivity contribution in [3.8, 4) is 22.8 Å². The minimum atomic E-state index is -0.148. The number of carbonyl (C=O) groups is 1. The monoisotopic (exact) mass is 415 g/mol. The first-order chi connectivity index (χ1) is 13.6. The minimum Gasteiger partial charge on any atom is -0.497 e. The van der Waals surface area contributed by atoms with Gasteiger partial charge in [-0.3, -0.25) is 9.20 Å². The van der Waals surface area contributed by atoms with Crippen LogP contribution in [0.5, 0.6) is 11.5 Å². The van der Waals surface area contributed by atoms with Crippen molar-refractivity contribution < 1.29 is 14.3 Å². The zero-order valence-electron chi connectivity index (χ0n) is 15.4. The first-order valence-corrected chi connectivity index (χ1v) is 10.0. The van der Waals surface area contributed by atoms with Crippen LogP contribution in [0.15, 0.2) is 29.8 Å². The van der Waals surface area contributed by atoms with Crippen LogP contribution >= 0.6 is 22.7 Å². The number of methoxy groups -OCH3 is 2. The fourth-order valence-corrected chi connectivity index (χ4v) is 4.26. The van der Waals surface area contributed by atoms with Crippen molar-refractivity contribution in [3.05, 3.63) is 40.5 Å². The Morgan fingerprint density at radius 3 is 2.82 bits per heavy atom. The Hall–Kier alpha value is -2.98. The lowest BCUT2D eigenvalue weighted by molar-refractivity contribution is -0.115. The summed E-state index contributed by atoms with van der Waals surface area (Å²) in [6, 6.07) is 5.57. The SMILES string of the molecule is COc1ccc(OC)c(-c2cn3c(CC(=O)Nc4nnc(C)s4)csc3n2)c1. The van der Waals surface area contributed by atoms with Crippen LogP contribution in [0.1, 0.15) is 10.7 Å². The standard InChI is InChI=1S/C18H17N5O3S2/c1-10-21-22-17(28-10)20-16(24)6-11-9-27-18-19-14(8-23(11)18)13-7-12(25-2)4-5-15(13)26-3/h4-5,7-9H,6H2,1-3H3,(H,20,22,24). The summed E-state index contributed by atoms with van der Waals surface area (Å²) in [4.78, 5) is 17.8. The van der Waals surface area contributed by atoms with E-state index in [0.29, 0.717) is 10.9 Å². The van der Waals surface area contributed by atoms with Crippen molar-refractivity contribution >= 4 is 38.7 Å². The summed E-state index contributed by atoms with van der Waals surface area (Å²) in [6.07, 6.45) is 2.12. The number of hydrogen-bond donors (Lipinski definition) is 1. The molecule has 0 radical (unpaired) electrons. The molecule has 28 heavy (non-hydrogen) atoms. The second-order valence-electron chi connectivity index (χ2n) is 5.92. The van der Waals surface area contributed by atoms with E-state index in [0.717, 1.165) is 32.7 Å². The van der Waals surface area contributed by atoms with Crippen molar-refractivity contribution in [2.24, 2.45) is 0 Å². The molecule has 0 atom stereocenters. The van der Waals surface area contributed by atoms with Crippen molar-refractivity contribution in [3.63, 3.8) is 0 Å². The number of hydrogen-bond acceptors (Lipinski definition) is 8. The summed E-state index contributed by atoms with van der Waals surface area (Å²) < 4.78 is 12.7. The third kappa shape index (κ3) is 3.56. The second kappa shape index (κ2) is 7.56. The van der Waals surface area contributed by atoms with Gasteiger partial charge in [-0.15, -0.1) is 21.5 Å². The van der Waals surface area contributed by atoms with Gasteiger partial charge in [0.05, 0.1) is 26.3 Å². The maximum absolute atomic E-state index is 12.4. The van der Waals surface area contributed by atoms with Gasteiger partial charge in [0, 0.05) is 22.8 Å². The molecule has 0 aliphatic carbocycles. The zero-order chi connectivity index (χ0) is 19.7. The number of aryl methyl sites for hydroxylation is 1. The Morgan fingerprint density at radius 1 is 1.25 bits per heavy atom. The van der Waals surface area contributed by atoms with Crippen LogP contribution in [0, 0.1) is 6.92 Å². The van der Waals surface area contributed by atoms with E-state index in [-0.39, 0.29) is 12.3 Å². The number of carbonyl (C=O) groups excluding carboxylic acids is 1. The highest BCUT2D eigenvalue weighted by atomic mass is 32.1. The number of fused-ring (bicyclic) bond motifs is 1. The molecule has 0 unspecified atom stereocenters. The van der Waals surface area contributed by atoms with Crippen molar-refractivity contribution in [2.45, 2.75) is 13.3 Å². The number of nitrogens with one attached hydrogen (secondary N) is 1. The Balaban J connectivity index is 1.61. The van der Waals surface area contributed by atoms with Crippen LogP contribution in [0.25, 0.3) is 16.2 Å². The molecule has 0 fully saturated rings. The van der Waals surface area contributed by atoms with E-state index in [4.69, 9.17) is 9.47 Å². The highest BCUT2D eigenvalue weighted by molar-refractivity contribution is 7.15.